The average molecular weight is 334 g/mol. The molecule has 0 spiro atoms. The number of rotatable bonds is 4. The maximum absolute atomic E-state index is 8.98. The molecule has 2 fully saturated rings. The Labute approximate surface area is 143 Å². The smallest absolute Gasteiger partial charge is 0.101 e. The largest absolute Gasteiger partial charge is 0.383 e. The van der Waals surface area contributed by atoms with E-state index in [4.69, 9.17) is 21.6 Å². The van der Waals surface area contributed by atoms with Gasteiger partial charge in [0, 0.05) is 30.9 Å². The van der Waals surface area contributed by atoms with Crippen molar-refractivity contribution in [1.82, 2.24) is 4.90 Å². The molecule has 1 saturated heterocycles. The molecule has 0 bridgehead atoms. The Morgan fingerprint density at radius 2 is 1.96 bits per heavy atom. The van der Waals surface area contributed by atoms with Crippen molar-refractivity contribution in [2.45, 2.75) is 37.6 Å². The molecule has 0 radical (unpaired) electrons. The third kappa shape index (κ3) is 3.80. The van der Waals surface area contributed by atoms with Gasteiger partial charge in [-0.3, -0.25) is 4.90 Å². The summed E-state index contributed by atoms with van der Waals surface area (Å²) in [5.74, 6) is 0. The standard InChI is InChI=1S/C18H24ClN3O/c19-17-12-16(5-4-15(17)13-20)21-14-18(6-2-1-3-7-18)22-8-10-23-11-9-22/h4-5,12,21H,1-3,6-11,14H2. The van der Waals surface area contributed by atoms with Crippen LogP contribution in [0, 0.1) is 11.3 Å². The first-order chi connectivity index (χ1) is 11.2. The maximum atomic E-state index is 8.98. The van der Waals surface area contributed by atoms with Gasteiger partial charge in [0.2, 0.25) is 0 Å². The summed E-state index contributed by atoms with van der Waals surface area (Å²) in [6, 6.07) is 7.69. The molecule has 0 aromatic heterocycles. The quantitative estimate of drug-likeness (QED) is 0.913. The lowest BCUT2D eigenvalue weighted by molar-refractivity contribution is -0.0318. The number of nitrogens with zero attached hydrogens (tertiary/aromatic N) is 2. The second-order valence-corrected chi connectivity index (χ2v) is 6.95. The van der Waals surface area contributed by atoms with E-state index in [1.54, 1.807) is 6.07 Å². The van der Waals surface area contributed by atoms with Crippen LogP contribution in [0.2, 0.25) is 5.02 Å². The van der Waals surface area contributed by atoms with Gasteiger partial charge in [0.05, 0.1) is 23.8 Å². The van der Waals surface area contributed by atoms with Gasteiger partial charge >= 0.3 is 0 Å². The normalized spacial score (nSPS) is 21.6. The maximum Gasteiger partial charge on any atom is 0.101 e. The number of halogens is 1. The molecule has 3 rings (SSSR count). The van der Waals surface area contributed by atoms with Gasteiger partial charge in [-0.15, -0.1) is 0 Å². The van der Waals surface area contributed by atoms with E-state index >= 15 is 0 Å². The predicted octanol–water partition coefficient (Wildman–Crippen LogP) is 3.66. The zero-order chi connectivity index (χ0) is 16.1. The average Bonchev–Trinajstić information content (AvgIpc) is 2.62. The van der Waals surface area contributed by atoms with Crippen LogP contribution in [0.3, 0.4) is 0 Å². The number of hydrogen-bond donors (Lipinski definition) is 1. The summed E-state index contributed by atoms with van der Waals surface area (Å²) in [4.78, 5) is 2.62. The highest BCUT2D eigenvalue weighted by atomic mass is 35.5. The fraction of sp³-hybridized carbons (Fsp3) is 0.611. The number of nitriles is 1. The third-order valence-corrected chi connectivity index (χ3v) is 5.49. The van der Waals surface area contributed by atoms with Gasteiger partial charge in [-0.1, -0.05) is 30.9 Å². The summed E-state index contributed by atoms with van der Waals surface area (Å²) in [5, 5.41) is 13.1. The SMILES string of the molecule is N#Cc1ccc(NCC2(N3CCOCC3)CCCCC2)cc1Cl. The summed E-state index contributed by atoms with van der Waals surface area (Å²) >= 11 is 6.14. The number of benzene rings is 1. The van der Waals surface area contributed by atoms with Gasteiger partial charge in [-0.05, 0) is 31.0 Å². The molecule has 0 amide bonds. The zero-order valence-corrected chi connectivity index (χ0v) is 14.2. The summed E-state index contributed by atoms with van der Waals surface area (Å²) in [5.41, 5.74) is 1.74. The van der Waals surface area contributed by atoms with E-state index < -0.39 is 0 Å². The first-order valence-electron chi connectivity index (χ1n) is 8.50. The monoisotopic (exact) mass is 333 g/mol. The minimum atomic E-state index is 0.225. The van der Waals surface area contributed by atoms with Crippen LogP contribution < -0.4 is 5.32 Å². The first-order valence-corrected chi connectivity index (χ1v) is 8.88. The lowest BCUT2D eigenvalue weighted by Gasteiger charge is -2.48. The third-order valence-electron chi connectivity index (χ3n) is 5.18. The van der Waals surface area contributed by atoms with Crippen LogP contribution in [0.5, 0.6) is 0 Å². The summed E-state index contributed by atoms with van der Waals surface area (Å²) in [6.45, 7) is 4.65. The molecule has 1 aromatic rings. The van der Waals surface area contributed by atoms with E-state index in [1.807, 2.05) is 12.1 Å². The highest BCUT2D eigenvalue weighted by Crippen LogP contribution is 2.35. The fourth-order valence-corrected chi connectivity index (χ4v) is 4.06. The van der Waals surface area contributed by atoms with Crippen LogP contribution in [-0.4, -0.2) is 43.3 Å². The van der Waals surface area contributed by atoms with Gasteiger partial charge in [-0.25, -0.2) is 0 Å². The Kier molecular flexibility index (Phi) is 5.42. The molecule has 124 valence electrons. The molecule has 1 aromatic carbocycles. The lowest BCUT2D eigenvalue weighted by Crippen LogP contribution is -2.57. The van der Waals surface area contributed by atoms with Crippen LogP contribution in [0.25, 0.3) is 0 Å². The molecular weight excluding hydrogens is 310 g/mol. The number of hydrogen-bond acceptors (Lipinski definition) is 4. The molecule has 0 unspecified atom stereocenters. The zero-order valence-electron chi connectivity index (χ0n) is 13.5. The molecule has 1 heterocycles. The predicted molar refractivity (Wildman–Crippen MR) is 92.9 cm³/mol. The number of anilines is 1. The summed E-state index contributed by atoms with van der Waals surface area (Å²) < 4.78 is 5.53. The fourth-order valence-electron chi connectivity index (χ4n) is 3.83. The van der Waals surface area contributed by atoms with Crippen molar-refractivity contribution in [3.05, 3.63) is 28.8 Å². The first kappa shape index (κ1) is 16.6. The van der Waals surface area contributed by atoms with Crippen LogP contribution in [0.15, 0.2) is 18.2 Å². The van der Waals surface area contributed by atoms with E-state index in [1.165, 1.54) is 32.1 Å². The Hall–Kier alpha value is -1.28. The highest BCUT2D eigenvalue weighted by Gasteiger charge is 2.38. The molecule has 1 aliphatic heterocycles. The van der Waals surface area contributed by atoms with Gasteiger partial charge in [-0.2, -0.15) is 5.26 Å². The Morgan fingerprint density at radius 1 is 1.22 bits per heavy atom. The molecule has 0 atom stereocenters. The summed E-state index contributed by atoms with van der Waals surface area (Å²) in [7, 11) is 0. The van der Waals surface area contributed by atoms with E-state index in [-0.39, 0.29) is 5.54 Å². The van der Waals surface area contributed by atoms with Crippen LogP contribution in [0.1, 0.15) is 37.7 Å². The number of nitrogens with one attached hydrogen (secondary N) is 1. The van der Waals surface area contributed by atoms with Crippen molar-refractivity contribution >= 4 is 17.3 Å². The minimum absolute atomic E-state index is 0.225. The topological polar surface area (TPSA) is 48.3 Å². The number of ether oxygens (including phenoxy) is 1. The van der Waals surface area contributed by atoms with Gasteiger partial charge in [0.15, 0.2) is 0 Å². The van der Waals surface area contributed by atoms with E-state index in [0.717, 1.165) is 38.5 Å². The lowest BCUT2D eigenvalue weighted by atomic mass is 9.79. The molecule has 1 saturated carbocycles. The molecule has 5 heteroatoms. The van der Waals surface area contributed by atoms with Crippen molar-refractivity contribution in [3.8, 4) is 6.07 Å². The second kappa shape index (κ2) is 7.53. The Morgan fingerprint density at radius 3 is 2.61 bits per heavy atom. The van der Waals surface area contributed by atoms with Crippen LogP contribution in [-0.2, 0) is 4.74 Å². The molecule has 2 aliphatic rings. The Balaban J connectivity index is 1.71. The van der Waals surface area contributed by atoms with Crippen LogP contribution >= 0.6 is 11.6 Å². The second-order valence-electron chi connectivity index (χ2n) is 6.54. The highest BCUT2D eigenvalue weighted by molar-refractivity contribution is 6.32. The van der Waals surface area contributed by atoms with Crippen molar-refractivity contribution in [3.63, 3.8) is 0 Å². The van der Waals surface area contributed by atoms with Gasteiger partial charge in [0.1, 0.15) is 6.07 Å². The minimum Gasteiger partial charge on any atom is -0.383 e. The molecular formula is C18H24ClN3O. The van der Waals surface area contributed by atoms with Crippen molar-refractivity contribution in [2.75, 3.05) is 38.2 Å². The summed E-state index contributed by atoms with van der Waals surface area (Å²) in [6.07, 6.45) is 6.42. The molecule has 4 nitrogen and oxygen atoms in total. The molecule has 1 aliphatic carbocycles. The van der Waals surface area contributed by atoms with Crippen LogP contribution in [0.4, 0.5) is 5.69 Å². The Bertz CT molecular complexity index is 572. The molecule has 1 N–H and O–H groups in total. The van der Waals surface area contributed by atoms with Gasteiger partial charge < -0.3 is 10.1 Å². The van der Waals surface area contributed by atoms with E-state index in [2.05, 4.69) is 16.3 Å². The van der Waals surface area contributed by atoms with Crippen molar-refractivity contribution < 1.29 is 4.74 Å². The van der Waals surface area contributed by atoms with E-state index in [0.29, 0.717) is 10.6 Å². The van der Waals surface area contributed by atoms with Gasteiger partial charge in [0.25, 0.3) is 0 Å². The number of morpholine rings is 1. The van der Waals surface area contributed by atoms with Crippen molar-refractivity contribution in [2.24, 2.45) is 0 Å². The molecule has 23 heavy (non-hydrogen) atoms. The van der Waals surface area contributed by atoms with Crippen molar-refractivity contribution in [1.29, 1.82) is 5.26 Å². The van der Waals surface area contributed by atoms with E-state index in [9.17, 15) is 0 Å².